The second-order valence-electron chi connectivity index (χ2n) is 2.62. The van der Waals surface area contributed by atoms with Crippen molar-refractivity contribution in [3.05, 3.63) is 0 Å². The molecule has 0 amide bonds. The first kappa shape index (κ1) is 8.92. The van der Waals surface area contributed by atoms with Gasteiger partial charge in [0.1, 0.15) is 0 Å². The Kier molecular flexibility index (Phi) is 4.72. The molecule has 0 spiro atoms. The Balaban J connectivity index is 3.06. The molecule has 2 atom stereocenters. The van der Waals surface area contributed by atoms with E-state index in [2.05, 4.69) is 0 Å². The summed E-state index contributed by atoms with van der Waals surface area (Å²) >= 11 is 0. The molecule has 0 bridgehead atoms. The van der Waals surface area contributed by atoms with Crippen molar-refractivity contribution in [1.29, 1.82) is 0 Å². The molecule has 0 radical (unpaired) electrons. The monoisotopic (exact) mass is 131 g/mol. The van der Waals surface area contributed by atoms with Crippen molar-refractivity contribution in [1.82, 2.24) is 0 Å². The summed E-state index contributed by atoms with van der Waals surface area (Å²) in [7, 11) is 0. The Bertz CT molecular complexity index is 63.9. The summed E-state index contributed by atoms with van der Waals surface area (Å²) in [6.07, 6.45) is 2.46. The van der Waals surface area contributed by atoms with E-state index in [0.717, 1.165) is 19.3 Å². The molecule has 3 N–H and O–H groups in total. The Morgan fingerprint density at radius 1 is 1.44 bits per heavy atom. The fraction of sp³-hybridized carbons (Fsp3) is 1.00. The van der Waals surface area contributed by atoms with Crippen molar-refractivity contribution in [3.8, 4) is 0 Å². The van der Waals surface area contributed by atoms with Crippen molar-refractivity contribution in [2.45, 2.75) is 45.3 Å². The van der Waals surface area contributed by atoms with Crippen molar-refractivity contribution in [2.75, 3.05) is 0 Å². The summed E-state index contributed by atoms with van der Waals surface area (Å²) in [4.78, 5) is 0. The fourth-order valence-electron chi connectivity index (χ4n) is 0.659. The summed E-state index contributed by atoms with van der Waals surface area (Å²) in [6, 6.07) is 0.228. The molecule has 2 nitrogen and oxygen atoms in total. The second-order valence-corrected chi connectivity index (χ2v) is 2.62. The summed E-state index contributed by atoms with van der Waals surface area (Å²) in [5, 5.41) is 9.05. The van der Waals surface area contributed by atoms with Crippen LogP contribution in [0.1, 0.15) is 33.1 Å². The topological polar surface area (TPSA) is 46.2 Å². The molecule has 0 aromatic heterocycles. The highest BCUT2D eigenvalue weighted by Gasteiger charge is 2.01. The molecule has 0 aliphatic heterocycles. The molecule has 0 fully saturated rings. The molecule has 0 heterocycles. The molecule has 9 heavy (non-hydrogen) atoms. The van der Waals surface area contributed by atoms with Crippen LogP contribution in [0.15, 0.2) is 0 Å². The van der Waals surface area contributed by atoms with Gasteiger partial charge < -0.3 is 10.8 Å². The molecule has 0 saturated heterocycles. The van der Waals surface area contributed by atoms with Crippen molar-refractivity contribution in [3.63, 3.8) is 0 Å². The minimum atomic E-state index is -0.143. The molecule has 0 saturated carbocycles. The third-order valence-electron chi connectivity index (χ3n) is 1.43. The van der Waals surface area contributed by atoms with E-state index in [9.17, 15) is 0 Å². The summed E-state index contributed by atoms with van der Waals surface area (Å²) in [5.41, 5.74) is 5.48. The first-order valence-electron chi connectivity index (χ1n) is 3.60. The predicted octanol–water partition coefficient (Wildman–Crippen LogP) is 0.885. The number of hydrogen-bond acceptors (Lipinski definition) is 2. The van der Waals surface area contributed by atoms with Crippen LogP contribution in [0.4, 0.5) is 0 Å². The van der Waals surface area contributed by atoms with Crippen molar-refractivity contribution in [2.24, 2.45) is 5.73 Å². The van der Waals surface area contributed by atoms with Gasteiger partial charge in [-0.1, -0.05) is 6.92 Å². The average Bonchev–Trinajstić information content (AvgIpc) is 1.83. The third-order valence-corrected chi connectivity index (χ3v) is 1.43. The van der Waals surface area contributed by atoms with E-state index in [1.165, 1.54) is 0 Å². The quantitative estimate of drug-likeness (QED) is 0.595. The van der Waals surface area contributed by atoms with Gasteiger partial charge in [-0.15, -0.1) is 0 Å². The summed E-state index contributed by atoms with van der Waals surface area (Å²) in [6.45, 7) is 3.94. The predicted molar refractivity (Wildman–Crippen MR) is 39.2 cm³/mol. The summed E-state index contributed by atoms with van der Waals surface area (Å²) in [5.74, 6) is 0. The Labute approximate surface area is 57.1 Å². The van der Waals surface area contributed by atoms with Gasteiger partial charge in [-0.25, -0.2) is 0 Å². The molecule has 0 rings (SSSR count). The number of nitrogens with two attached hydrogens (primary N) is 1. The Morgan fingerprint density at radius 3 is 2.33 bits per heavy atom. The second kappa shape index (κ2) is 4.77. The lowest BCUT2D eigenvalue weighted by molar-refractivity contribution is 0.155. The molecule has 0 aliphatic rings. The van der Waals surface area contributed by atoms with E-state index in [1.807, 2.05) is 13.8 Å². The molecular weight excluding hydrogens is 114 g/mol. The van der Waals surface area contributed by atoms with Crippen LogP contribution in [-0.2, 0) is 0 Å². The highest BCUT2D eigenvalue weighted by Crippen LogP contribution is 2.01. The van der Waals surface area contributed by atoms with Crippen LogP contribution in [0.2, 0.25) is 0 Å². The van der Waals surface area contributed by atoms with Gasteiger partial charge in [-0.3, -0.25) is 0 Å². The number of rotatable bonds is 4. The van der Waals surface area contributed by atoms with Crippen LogP contribution in [0.3, 0.4) is 0 Å². The van der Waals surface area contributed by atoms with Gasteiger partial charge in [0, 0.05) is 6.04 Å². The van der Waals surface area contributed by atoms with Crippen LogP contribution in [0, 0.1) is 0 Å². The lowest BCUT2D eigenvalue weighted by atomic mass is 10.1. The normalized spacial score (nSPS) is 17.3. The van der Waals surface area contributed by atoms with Crippen LogP contribution in [0.25, 0.3) is 0 Å². The smallest absolute Gasteiger partial charge is 0.0538 e. The van der Waals surface area contributed by atoms with Crippen molar-refractivity contribution < 1.29 is 5.11 Å². The molecular formula is C7H17NO. The lowest BCUT2D eigenvalue weighted by Crippen LogP contribution is -2.17. The molecule has 56 valence electrons. The maximum absolute atomic E-state index is 9.05. The maximum atomic E-state index is 9.05. The zero-order valence-electron chi connectivity index (χ0n) is 6.30. The van der Waals surface area contributed by atoms with E-state index in [0.29, 0.717) is 0 Å². The van der Waals surface area contributed by atoms with Gasteiger partial charge in [-0.2, -0.15) is 0 Å². The summed E-state index contributed by atoms with van der Waals surface area (Å²) < 4.78 is 0. The van der Waals surface area contributed by atoms with Gasteiger partial charge in [-0.05, 0) is 26.2 Å². The number of aliphatic hydroxyl groups is 1. The van der Waals surface area contributed by atoms with Gasteiger partial charge in [0.25, 0.3) is 0 Å². The molecule has 2 heteroatoms. The van der Waals surface area contributed by atoms with Crippen molar-refractivity contribution >= 4 is 0 Å². The van der Waals surface area contributed by atoms with Gasteiger partial charge >= 0.3 is 0 Å². The first-order valence-corrected chi connectivity index (χ1v) is 3.60. The van der Waals surface area contributed by atoms with Gasteiger partial charge in [0.05, 0.1) is 6.10 Å². The largest absolute Gasteiger partial charge is 0.393 e. The van der Waals surface area contributed by atoms with E-state index in [1.54, 1.807) is 0 Å². The van der Waals surface area contributed by atoms with Crippen LogP contribution in [0.5, 0.6) is 0 Å². The average molecular weight is 131 g/mol. The lowest BCUT2D eigenvalue weighted by Gasteiger charge is -2.08. The third kappa shape index (κ3) is 5.80. The van der Waals surface area contributed by atoms with Crippen LogP contribution < -0.4 is 5.73 Å². The fourth-order valence-corrected chi connectivity index (χ4v) is 0.659. The Hall–Kier alpha value is -0.0800. The Morgan fingerprint density at radius 2 is 2.00 bits per heavy atom. The SMILES string of the molecule is CCC(O)CCC(C)N. The number of aliphatic hydroxyl groups excluding tert-OH is 1. The number of hydrogen-bond donors (Lipinski definition) is 2. The zero-order valence-corrected chi connectivity index (χ0v) is 6.30. The van der Waals surface area contributed by atoms with E-state index >= 15 is 0 Å². The minimum absolute atomic E-state index is 0.143. The zero-order chi connectivity index (χ0) is 7.28. The maximum Gasteiger partial charge on any atom is 0.0538 e. The van der Waals surface area contributed by atoms with Crippen LogP contribution in [-0.4, -0.2) is 17.3 Å². The molecule has 2 unspecified atom stereocenters. The van der Waals surface area contributed by atoms with E-state index in [-0.39, 0.29) is 12.1 Å². The first-order chi connectivity index (χ1) is 4.16. The highest BCUT2D eigenvalue weighted by molar-refractivity contribution is 4.58. The standard InChI is InChI=1S/C7H17NO/c1-3-7(9)5-4-6(2)8/h6-7,9H,3-5,8H2,1-2H3. The van der Waals surface area contributed by atoms with Crippen LogP contribution >= 0.6 is 0 Å². The van der Waals surface area contributed by atoms with Gasteiger partial charge in [0.15, 0.2) is 0 Å². The van der Waals surface area contributed by atoms with E-state index < -0.39 is 0 Å². The molecule has 0 aromatic rings. The van der Waals surface area contributed by atoms with Gasteiger partial charge in [0.2, 0.25) is 0 Å². The minimum Gasteiger partial charge on any atom is -0.393 e. The highest BCUT2D eigenvalue weighted by atomic mass is 16.3. The molecule has 0 aliphatic carbocycles. The molecule has 0 aromatic carbocycles. The van der Waals surface area contributed by atoms with E-state index in [4.69, 9.17) is 10.8 Å².